The van der Waals surface area contributed by atoms with Crippen molar-refractivity contribution in [3.05, 3.63) is 12.2 Å². The van der Waals surface area contributed by atoms with E-state index < -0.39 is 0 Å². The van der Waals surface area contributed by atoms with Gasteiger partial charge in [-0.05, 0) is 39.0 Å². The summed E-state index contributed by atoms with van der Waals surface area (Å²) < 4.78 is 28.0. The van der Waals surface area contributed by atoms with E-state index in [-0.39, 0.29) is 49.2 Å². The summed E-state index contributed by atoms with van der Waals surface area (Å²) >= 11 is 0. The van der Waals surface area contributed by atoms with E-state index in [1.54, 1.807) is 0 Å². The Kier molecular flexibility index (Phi) is 20.5. The fourth-order valence-electron chi connectivity index (χ4n) is 5.04. The Bertz CT molecular complexity index is 847. The molecule has 0 radical (unpaired) electrons. The van der Waals surface area contributed by atoms with E-state index in [1.165, 1.54) is 12.2 Å². The Morgan fingerprint density at radius 3 is 1.82 bits per heavy atom. The summed E-state index contributed by atoms with van der Waals surface area (Å²) in [4.78, 5) is 50.4. The van der Waals surface area contributed by atoms with Crippen LogP contribution in [0, 0.1) is 0 Å². The van der Waals surface area contributed by atoms with Crippen LogP contribution >= 0.6 is 0 Å². The van der Waals surface area contributed by atoms with Gasteiger partial charge < -0.3 is 34.3 Å². The van der Waals surface area contributed by atoms with Gasteiger partial charge in [-0.2, -0.15) is 0 Å². The van der Waals surface area contributed by atoms with Gasteiger partial charge in [-0.3, -0.25) is 29.0 Å². The van der Waals surface area contributed by atoms with Crippen molar-refractivity contribution >= 4 is 23.6 Å². The van der Waals surface area contributed by atoms with Gasteiger partial charge >= 0.3 is 0 Å². The maximum atomic E-state index is 12.4. The van der Waals surface area contributed by atoms with Crippen LogP contribution in [0.5, 0.6) is 0 Å². The highest BCUT2D eigenvalue weighted by atomic mass is 16.5. The van der Waals surface area contributed by atoms with Gasteiger partial charge in [0.05, 0.1) is 66.0 Å². The largest absolute Gasteiger partial charge is 0.380 e. The molecule has 252 valence electrons. The number of rotatable bonds is 26. The van der Waals surface area contributed by atoms with E-state index in [0.717, 1.165) is 56.7 Å². The molecule has 13 heteroatoms. The SMILES string of the molecule is CCCOCCN(CCOCCOCCC(=O)NCC)C1CCC(NC(=O)CCOCCOCCN2C(=O)C=CC2=O)CC1. The molecule has 1 saturated carbocycles. The topological polar surface area (TPSA) is 145 Å². The van der Waals surface area contributed by atoms with E-state index >= 15 is 0 Å². The molecule has 0 bridgehead atoms. The van der Waals surface area contributed by atoms with Crippen LogP contribution in [0.1, 0.15) is 58.8 Å². The summed E-state index contributed by atoms with van der Waals surface area (Å²) in [6.45, 7) is 11.1. The predicted octanol–water partition coefficient (Wildman–Crippen LogP) is 1.05. The zero-order valence-corrected chi connectivity index (χ0v) is 26.7. The van der Waals surface area contributed by atoms with Crippen LogP contribution < -0.4 is 10.6 Å². The van der Waals surface area contributed by atoms with E-state index in [1.807, 2.05) is 6.92 Å². The maximum absolute atomic E-state index is 12.4. The smallest absolute Gasteiger partial charge is 0.253 e. The second-order valence-corrected chi connectivity index (χ2v) is 10.8. The van der Waals surface area contributed by atoms with E-state index in [0.29, 0.717) is 71.9 Å². The first kappa shape index (κ1) is 37.8. The average Bonchev–Trinajstić information content (AvgIpc) is 3.33. The molecule has 4 amide bonds. The average molecular weight is 627 g/mol. The second kappa shape index (κ2) is 23.9. The minimum Gasteiger partial charge on any atom is -0.380 e. The van der Waals surface area contributed by atoms with Crippen molar-refractivity contribution in [2.24, 2.45) is 0 Å². The summed E-state index contributed by atoms with van der Waals surface area (Å²) in [6.07, 6.45) is 8.00. The highest BCUT2D eigenvalue weighted by Crippen LogP contribution is 2.23. The summed E-state index contributed by atoms with van der Waals surface area (Å²) in [5.41, 5.74) is 0. The van der Waals surface area contributed by atoms with Gasteiger partial charge in [-0.15, -0.1) is 0 Å². The standard InChI is InChI=1S/C31H54N4O9/c1-3-16-40-19-13-34(14-20-43-24-22-41-17-11-28(36)32-4-2)27-7-5-26(6-8-27)33-29(37)12-18-42-23-25-44-21-15-35-30(38)9-10-31(35)39/h9-10,26-27H,3-8,11-25H2,1-2H3,(H,32,36)(H,33,37). The quantitative estimate of drug-likeness (QED) is 0.106. The van der Waals surface area contributed by atoms with Crippen LogP contribution in [0.4, 0.5) is 0 Å². The third-order valence-electron chi connectivity index (χ3n) is 7.40. The number of nitrogens with zero attached hydrogens (tertiary/aromatic N) is 2. The molecule has 0 aromatic rings. The third-order valence-corrected chi connectivity index (χ3v) is 7.40. The molecule has 0 unspecified atom stereocenters. The lowest BCUT2D eigenvalue weighted by Gasteiger charge is -2.37. The fourth-order valence-corrected chi connectivity index (χ4v) is 5.04. The van der Waals surface area contributed by atoms with Crippen molar-refractivity contribution in [3.8, 4) is 0 Å². The van der Waals surface area contributed by atoms with Crippen molar-refractivity contribution in [3.63, 3.8) is 0 Å². The van der Waals surface area contributed by atoms with Crippen molar-refractivity contribution in [2.75, 3.05) is 92.2 Å². The van der Waals surface area contributed by atoms with Crippen molar-refractivity contribution in [1.29, 1.82) is 0 Å². The molecular weight excluding hydrogens is 572 g/mol. The van der Waals surface area contributed by atoms with Crippen LogP contribution in [-0.4, -0.2) is 138 Å². The molecule has 2 rings (SSSR count). The number of amides is 4. The molecule has 0 aromatic carbocycles. The number of carbonyl (C=O) groups excluding carboxylic acids is 4. The van der Waals surface area contributed by atoms with Crippen LogP contribution in [0.25, 0.3) is 0 Å². The van der Waals surface area contributed by atoms with Crippen LogP contribution in [-0.2, 0) is 42.9 Å². The van der Waals surface area contributed by atoms with Crippen molar-refractivity contribution in [1.82, 2.24) is 20.4 Å². The molecule has 0 aromatic heterocycles. The van der Waals surface area contributed by atoms with E-state index in [2.05, 4.69) is 22.5 Å². The number of carbonyl (C=O) groups is 4. The lowest BCUT2D eigenvalue weighted by atomic mass is 9.90. The summed E-state index contributed by atoms with van der Waals surface area (Å²) in [5, 5.41) is 5.90. The molecule has 1 aliphatic heterocycles. The Balaban J connectivity index is 1.54. The fraction of sp³-hybridized carbons (Fsp3) is 0.806. The lowest BCUT2D eigenvalue weighted by molar-refractivity contribution is -0.137. The molecule has 2 aliphatic rings. The number of imide groups is 1. The van der Waals surface area contributed by atoms with Gasteiger partial charge in [0.25, 0.3) is 11.8 Å². The number of ether oxygens (including phenoxy) is 5. The number of nitrogens with one attached hydrogen (secondary N) is 2. The predicted molar refractivity (Wildman–Crippen MR) is 164 cm³/mol. The van der Waals surface area contributed by atoms with E-state index in [4.69, 9.17) is 23.7 Å². The molecule has 13 nitrogen and oxygen atoms in total. The minimum atomic E-state index is -0.320. The van der Waals surface area contributed by atoms with Gasteiger partial charge in [-0.25, -0.2) is 0 Å². The lowest BCUT2D eigenvalue weighted by Crippen LogP contribution is -2.46. The van der Waals surface area contributed by atoms with Crippen molar-refractivity contribution < 1.29 is 42.9 Å². The molecule has 1 aliphatic carbocycles. The number of hydrogen-bond acceptors (Lipinski definition) is 10. The Hall–Kier alpha value is -2.42. The van der Waals surface area contributed by atoms with Crippen LogP contribution in [0.15, 0.2) is 12.2 Å². The van der Waals surface area contributed by atoms with Gasteiger partial charge in [0.1, 0.15) is 0 Å². The van der Waals surface area contributed by atoms with Gasteiger partial charge in [0.15, 0.2) is 0 Å². The monoisotopic (exact) mass is 626 g/mol. The van der Waals surface area contributed by atoms with Crippen LogP contribution in [0.3, 0.4) is 0 Å². The molecule has 44 heavy (non-hydrogen) atoms. The maximum Gasteiger partial charge on any atom is 0.253 e. The first-order valence-corrected chi connectivity index (χ1v) is 16.2. The van der Waals surface area contributed by atoms with Crippen molar-refractivity contribution in [2.45, 2.75) is 70.9 Å². The zero-order chi connectivity index (χ0) is 31.8. The Labute approximate surface area is 262 Å². The molecule has 0 atom stereocenters. The minimum absolute atomic E-state index is 0.000399. The van der Waals surface area contributed by atoms with Gasteiger partial charge in [0, 0.05) is 63.3 Å². The first-order valence-electron chi connectivity index (χ1n) is 16.2. The summed E-state index contributed by atoms with van der Waals surface area (Å²) in [5.74, 6) is -0.656. The first-order chi connectivity index (χ1) is 21.4. The Morgan fingerprint density at radius 2 is 1.25 bits per heavy atom. The van der Waals surface area contributed by atoms with E-state index in [9.17, 15) is 19.2 Å². The molecule has 2 N–H and O–H groups in total. The normalized spacial score (nSPS) is 18.4. The summed E-state index contributed by atoms with van der Waals surface area (Å²) in [6, 6.07) is 0.588. The van der Waals surface area contributed by atoms with Gasteiger partial charge in [0.2, 0.25) is 11.8 Å². The molecule has 1 heterocycles. The highest BCUT2D eigenvalue weighted by molar-refractivity contribution is 6.12. The molecule has 0 spiro atoms. The van der Waals surface area contributed by atoms with Gasteiger partial charge in [-0.1, -0.05) is 6.92 Å². The summed E-state index contributed by atoms with van der Waals surface area (Å²) in [7, 11) is 0. The second-order valence-electron chi connectivity index (χ2n) is 10.8. The molecular formula is C31H54N4O9. The zero-order valence-electron chi connectivity index (χ0n) is 26.7. The third kappa shape index (κ3) is 16.6. The van der Waals surface area contributed by atoms with Crippen LogP contribution in [0.2, 0.25) is 0 Å². The molecule has 0 saturated heterocycles. The highest BCUT2D eigenvalue weighted by Gasteiger charge is 2.26. The number of hydrogen-bond donors (Lipinski definition) is 2. The Morgan fingerprint density at radius 1 is 0.727 bits per heavy atom. The molecule has 1 fully saturated rings.